The Morgan fingerprint density at radius 1 is 1.33 bits per heavy atom. The first-order valence-corrected chi connectivity index (χ1v) is 8.88. The average Bonchev–Trinajstić information content (AvgIpc) is 2.91. The Hall–Kier alpha value is -1.19. The molecule has 21 heavy (non-hydrogen) atoms. The molecule has 1 aromatic carbocycles. The number of aryl methyl sites for hydroxylation is 2. The third-order valence-electron chi connectivity index (χ3n) is 4.40. The van der Waals surface area contributed by atoms with Gasteiger partial charge in [0.1, 0.15) is 0 Å². The molecule has 2 nitrogen and oxygen atoms in total. The number of fused-ring (bicyclic) bond motifs is 1. The molecule has 112 valence electrons. The summed E-state index contributed by atoms with van der Waals surface area (Å²) < 4.78 is 0. The second-order valence-corrected chi connectivity index (χ2v) is 7.05. The molecule has 1 aliphatic rings. The van der Waals surface area contributed by atoms with Gasteiger partial charge >= 0.3 is 0 Å². The van der Waals surface area contributed by atoms with Crippen LogP contribution in [0.25, 0.3) is 0 Å². The molecular weight excluding hydrogens is 276 g/mol. The predicted molar refractivity (Wildman–Crippen MR) is 89.8 cm³/mol. The lowest BCUT2D eigenvalue weighted by molar-refractivity contribution is 0.317. The third kappa shape index (κ3) is 3.35. The van der Waals surface area contributed by atoms with Gasteiger partial charge < -0.3 is 5.32 Å². The molecule has 2 unspecified atom stereocenters. The van der Waals surface area contributed by atoms with Crippen molar-refractivity contribution >= 4 is 11.3 Å². The number of benzene rings is 1. The van der Waals surface area contributed by atoms with Gasteiger partial charge in [0, 0.05) is 11.4 Å². The van der Waals surface area contributed by atoms with Crippen LogP contribution in [0.1, 0.15) is 47.6 Å². The minimum Gasteiger partial charge on any atom is -0.310 e. The fourth-order valence-electron chi connectivity index (χ4n) is 3.39. The lowest BCUT2D eigenvalue weighted by atomic mass is 9.77. The van der Waals surface area contributed by atoms with E-state index in [1.165, 1.54) is 41.1 Å². The molecule has 0 saturated carbocycles. The van der Waals surface area contributed by atoms with Crippen LogP contribution in [0.4, 0.5) is 0 Å². The minimum absolute atomic E-state index is 0.483. The van der Waals surface area contributed by atoms with E-state index in [0.29, 0.717) is 12.0 Å². The SMILES string of the molecule is CCCNC1c2ccccc2CCC1Cc1csc(C)n1. The van der Waals surface area contributed by atoms with E-state index in [4.69, 9.17) is 0 Å². The monoisotopic (exact) mass is 300 g/mol. The zero-order chi connectivity index (χ0) is 14.7. The van der Waals surface area contributed by atoms with Crippen molar-refractivity contribution in [3.63, 3.8) is 0 Å². The van der Waals surface area contributed by atoms with Crippen LogP contribution in [0.3, 0.4) is 0 Å². The fourth-order valence-corrected chi connectivity index (χ4v) is 4.02. The van der Waals surface area contributed by atoms with E-state index >= 15 is 0 Å². The zero-order valence-corrected chi connectivity index (χ0v) is 13.7. The summed E-state index contributed by atoms with van der Waals surface area (Å²) in [5.74, 6) is 0.660. The van der Waals surface area contributed by atoms with Crippen molar-refractivity contribution < 1.29 is 0 Å². The van der Waals surface area contributed by atoms with Crippen molar-refractivity contribution in [1.82, 2.24) is 10.3 Å². The van der Waals surface area contributed by atoms with Crippen LogP contribution in [0.15, 0.2) is 29.6 Å². The van der Waals surface area contributed by atoms with Gasteiger partial charge in [-0.15, -0.1) is 11.3 Å². The number of aromatic nitrogens is 1. The molecule has 0 spiro atoms. The van der Waals surface area contributed by atoms with Gasteiger partial charge in [-0.05, 0) is 56.2 Å². The van der Waals surface area contributed by atoms with E-state index < -0.39 is 0 Å². The summed E-state index contributed by atoms with van der Waals surface area (Å²) in [7, 11) is 0. The van der Waals surface area contributed by atoms with Crippen LogP contribution in [0.5, 0.6) is 0 Å². The number of nitrogens with one attached hydrogen (secondary N) is 1. The maximum absolute atomic E-state index is 4.67. The zero-order valence-electron chi connectivity index (χ0n) is 12.9. The van der Waals surface area contributed by atoms with Gasteiger partial charge in [0.05, 0.1) is 10.7 Å². The molecule has 0 aliphatic heterocycles. The number of thiazole rings is 1. The van der Waals surface area contributed by atoms with Gasteiger partial charge in [0.15, 0.2) is 0 Å². The summed E-state index contributed by atoms with van der Waals surface area (Å²) >= 11 is 1.77. The van der Waals surface area contributed by atoms with Crippen LogP contribution >= 0.6 is 11.3 Å². The second-order valence-electron chi connectivity index (χ2n) is 5.99. The highest BCUT2D eigenvalue weighted by Crippen LogP contribution is 2.36. The van der Waals surface area contributed by atoms with Crippen molar-refractivity contribution in [2.45, 2.75) is 45.6 Å². The van der Waals surface area contributed by atoms with E-state index in [1.54, 1.807) is 11.3 Å². The first kappa shape index (κ1) is 14.7. The van der Waals surface area contributed by atoms with Crippen molar-refractivity contribution in [2.24, 2.45) is 5.92 Å². The molecule has 0 fully saturated rings. The first-order chi connectivity index (χ1) is 10.3. The smallest absolute Gasteiger partial charge is 0.0897 e. The maximum Gasteiger partial charge on any atom is 0.0897 e. The summed E-state index contributed by atoms with van der Waals surface area (Å²) in [5.41, 5.74) is 4.30. The van der Waals surface area contributed by atoms with Crippen molar-refractivity contribution in [2.75, 3.05) is 6.54 Å². The second kappa shape index (κ2) is 6.71. The molecule has 0 amide bonds. The topological polar surface area (TPSA) is 24.9 Å². The number of hydrogen-bond acceptors (Lipinski definition) is 3. The van der Waals surface area contributed by atoms with Crippen LogP contribution in [-0.2, 0) is 12.8 Å². The number of hydrogen-bond donors (Lipinski definition) is 1. The van der Waals surface area contributed by atoms with E-state index in [-0.39, 0.29) is 0 Å². The summed E-state index contributed by atoms with van der Waals surface area (Å²) in [6.45, 7) is 5.42. The largest absolute Gasteiger partial charge is 0.310 e. The van der Waals surface area contributed by atoms with Crippen LogP contribution in [-0.4, -0.2) is 11.5 Å². The number of nitrogens with zero attached hydrogens (tertiary/aromatic N) is 1. The maximum atomic E-state index is 4.67. The Balaban J connectivity index is 1.82. The molecule has 0 bridgehead atoms. The lowest BCUT2D eigenvalue weighted by Crippen LogP contribution is -2.34. The standard InChI is InChI=1S/C18H24N2S/c1-3-10-19-18-15(11-16-12-21-13(2)20-16)9-8-14-6-4-5-7-17(14)18/h4-7,12,15,18-19H,3,8-11H2,1-2H3. The van der Waals surface area contributed by atoms with Gasteiger partial charge in [-0.2, -0.15) is 0 Å². The van der Waals surface area contributed by atoms with Gasteiger partial charge in [-0.3, -0.25) is 0 Å². The lowest BCUT2D eigenvalue weighted by Gasteiger charge is -2.34. The fraction of sp³-hybridized carbons (Fsp3) is 0.500. The Morgan fingerprint density at radius 2 is 2.19 bits per heavy atom. The predicted octanol–water partition coefficient (Wildman–Crippen LogP) is 4.30. The Morgan fingerprint density at radius 3 is 2.95 bits per heavy atom. The molecule has 1 N–H and O–H groups in total. The highest BCUT2D eigenvalue weighted by atomic mass is 32.1. The van der Waals surface area contributed by atoms with E-state index in [2.05, 4.69) is 53.8 Å². The molecule has 1 heterocycles. The van der Waals surface area contributed by atoms with E-state index in [1.807, 2.05) is 0 Å². The van der Waals surface area contributed by atoms with Gasteiger partial charge in [-0.1, -0.05) is 31.2 Å². The highest BCUT2D eigenvalue weighted by molar-refractivity contribution is 7.09. The third-order valence-corrected chi connectivity index (χ3v) is 5.22. The molecule has 0 radical (unpaired) electrons. The van der Waals surface area contributed by atoms with Crippen LogP contribution < -0.4 is 5.32 Å². The molecule has 2 aromatic rings. The Kier molecular flexibility index (Phi) is 4.71. The quantitative estimate of drug-likeness (QED) is 0.890. The van der Waals surface area contributed by atoms with Crippen molar-refractivity contribution in [1.29, 1.82) is 0 Å². The molecule has 1 aliphatic carbocycles. The van der Waals surface area contributed by atoms with Crippen molar-refractivity contribution in [3.8, 4) is 0 Å². The van der Waals surface area contributed by atoms with Gasteiger partial charge in [-0.25, -0.2) is 4.98 Å². The Bertz CT molecular complexity index is 590. The molecule has 2 atom stereocenters. The summed E-state index contributed by atoms with van der Waals surface area (Å²) in [6.07, 6.45) is 4.74. The molecule has 3 rings (SSSR count). The normalized spacial score (nSPS) is 21.2. The minimum atomic E-state index is 0.483. The molecule has 0 saturated heterocycles. The molecule has 1 aromatic heterocycles. The average molecular weight is 300 g/mol. The molecular formula is C18H24N2S. The summed E-state index contributed by atoms with van der Waals surface area (Å²) in [5, 5.41) is 7.19. The highest BCUT2D eigenvalue weighted by Gasteiger charge is 2.29. The first-order valence-electron chi connectivity index (χ1n) is 8.00. The van der Waals surface area contributed by atoms with Gasteiger partial charge in [0.2, 0.25) is 0 Å². The summed E-state index contributed by atoms with van der Waals surface area (Å²) in [4.78, 5) is 4.67. The Labute approximate surface area is 131 Å². The van der Waals surface area contributed by atoms with Crippen molar-refractivity contribution in [3.05, 3.63) is 51.5 Å². The van der Waals surface area contributed by atoms with Crippen LogP contribution in [0.2, 0.25) is 0 Å². The summed E-state index contributed by atoms with van der Waals surface area (Å²) in [6, 6.07) is 9.42. The van der Waals surface area contributed by atoms with E-state index in [0.717, 1.165) is 13.0 Å². The van der Waals surface area contributed by atoms with E-state index in [9.17, 15) is 0 Å². The van der Waals surface area contributed by atoms with Gasteiger partial charge in [0.25, 0.3) is 0 Å². The number of rotatable bonds is 5. The van der Waals surface area contributed by atoms with Crippen LogP contribution in [0, 0.1) is 12.8 Å². The molecule has 3 heteroatoms.